The van der Waals surface area contributed by atoms with Crippen LogP contribution in [0.15, 0.2) is 36.4 Å². The van der Waals surface area contributed by atoms with E-state index < -0.39 is 12.7 Å². The second-order valence-corrected chi connectivity index (χ2v) is 4.26. The number of nitrogens with two attached hydrogens (primary N) is 1. The summed E-state index contributed by atoms with van der Waals surface area (Å²) in [6.45, 7) is -3.71. The van der Waals surface area contributed by atoms with Crippen LogP contribution in [-0.2, 0) is 4.79 Å². The Hall–Kier alpha value is -2.09. The molecular formula is C12H13BNO5-. The molecule has 0 aliphatic rings. The van der Waals surface area contributed by atoms with Gasteiger partial charge in [-0.2, -0.15) is 0 Å². The van der Waals surface area contributed by atoms with Crippen LogP contribution in [0.2, 0.25) is 0 Å². The lowest BCUT2D eigenvalue weighted by Gasteiger charge is -2.21. The van der Waals surface area contributed by atoms with Gasteiger partial charge in [0.1, 0.15) is 5.75 Å². The second kappa shape index (κ2) is 4.89. The molecule has 19 heavy (non-hydrogen) atoms. The highest BCUT2D eigenvalue weighted by Crippen LogP contribution is 2.20. The summed E-state index contributed by atoms with van der Waals surface area (Å²) >= 11 is 0. The first-order valence-corrected chi connectivity index (χ1v) is 5.63. The number of ether oxygens (including phenoxy) is 1. The second-order valence-electron chi connectivity index (χ2n) is 4.26. The molecule has 0 aromatic heterocycles. The number of fused-ring (bicyclic) bond motifs is 1. The van der Waals surface area contributed by atoms with Crippen LogP contribution in [0.5, 0.6) is 5.75 Å². The van der Waals surface area contributed by atoms with Gasteiger partial charge in [0.2, 0.25) is 0 Å². The summed E-state index contributed by atoms with van der Waals surface area (Å²) in [6, 6.07) is 9.46. The molecule has 2 rings (SSSR count). The predicted octanol–water partition coefficient (Wildman–Crippen LogP) is -1.17. The molecule has 0 saturated carbocycles. The molecule has 0 fully saturated rings. The van der Waals surface area contributed by atoms with E-state index in [1.165, 1.54) is 12.1 Å². The molecule has 0 aliphatic carbocycles. The number of carbonyl (C=O) groups is 1. The number of amides is 1. The molecule has 5 N–H and O–H groups in total. The maximum Gasteiger partial charge on any atom is 0.402 e. The fourth-order valence-corrected chi connectivity index (χ4v) is 1.73. The molecule has 2 aromatic carbocycles. The smallest absolute Gasteiger partial charge is 0.402 e. The van der Waals surface area contributed by atoms with Gasteiger partial charge in [-0.1, -0.05) is 24.3 Å². The third-order valence-electron chi connectivity index (χ3n) is 2.66. The van der Waals surface area contributed by atoms with E-state index in [1.54, 1.807) is 24.3 Å². The van der Waals surface area contributed by atoms with Crippen LogP contribution in [0.3, 0.4) is 0 Å². The van der Waals surface area contributed by atoms with Gasteiger partial charge in [0.15, 0.2) is 6.61 Å². The Morgan fingerprint density at radius 1 is 1.11 bits per heavy atom. The summed E-state index contributed by atoms with van der Waals surface area (Å²) in [5.41, 5.74) is 5.00. The maximum atomic E-state index is 10.6. The molecule has 0 bridgehead atoms. The lowest BCUT2D eigenvalue weighted by molar-refractivity contribution is -0.119. The normalized spacial score (nSPS) is 11.5. The summed E-state index contributed by atoms with van der Waals surface area (Å²) in [7, 11) is 0. The van der Waals surface area contributed by atoms with Crippen molar-refractivity contribution in [3.8, 4) is 5.75 Å². The van der Waals surface area contributed by atoms with Crippen LogP contribution >= 0.6 is 0 Å². The van der Waals surface area contributed by atoms with E-state index in [4.69, 9.17) is 25.5 Å². The number of hydrogen-bond acceptors (Lipinski definition) is 5. The fraction of sp³-hybridized carbons (Fsp3) is 0.0833. The first-order chi connectivity index (χ1) is 8.86. The summed E-state index contributed by atoms with van der Waals surface area (Å²) in [4.78, 5) is 10.6. The minimum absolute atomic E-state index is 0.0262. The van der Waals surface area contributed by atoms with Crippen molar-refractivity contribution in [2.24, 2.45) is 5.73 Å². The van der Waals surface area contributed by atoms with Crippen molar-refractivity contribution in [1.82, 2.24) is 0 Å². The van der Waals surface area contributed by atoms with Crippen LogP contribution in [0.4, 0.5) is 0 Å². The largest absolute Gasteiger partial charge is 0.556 e. The number of rotatable bonds is 4. The zero-order valence-electron chi connectivity index (χ0n) is 9.98. The Morgan fingerprint density at radius 3 is 2.37 bits per heavy atom. The fourth-order valence-electron chi connectivity index (χ4n) is 1.73. The molecule has 100 valence electrons. The average Bonchev–Trinajstić information content (AvgIpc) is 2.34. The van der Waals surface area contributed by atoms with E-state index in [0.29, 0.717) is 11.1 Å². The summed E-state index contributed by atoms with van der Waals surface area (Å²) < 4.78 is 5.15. The summed E-state index contributed by atoms with van der Waals surface area (Å²) in [5.74, 6) is -0.0865. The molecule has 2 aromatic rings. The van der Waals surface area contributed by atoms with E-state index >= 15 is 0 Å². The molecule has 7 heteroatoms. The zero-order chi connectivity index (χ0) is 14.0. The number of carbonyl (C=O) groups excluding carboxylic acids is 1. The van der Waals surface area contributed by atoms with Crippen LogP contribution in [0, 0.1) is 0 Å². The first kappa shape index (κ1) is 13.3. The molecule has 0 saturated heterocycles. The Balaban J connectivity index is 2.32. The van der Waals surface area contributed by atoms with E-state index in [-0.39, 0.29) is 12.1 Å². The van der Waals surface area contributed by atoms with Crippen molar-refractivity contribution in [3.05, 3.63) is 36.4 Å². The van der Waals surface area contributed by atoms with Crippen LogP contribution < -0.4 is 15.9 Å². The quantitative estimate of drug-likeness (QED) is 0.518. The highest BCUT2D eigenvalue weighted by molar-refractivity contribution is 6.71. The van der Waals surface area contributed by atoms with E-state index in [0.717, 1.165) is 5.39 Å². The van der Waals surface area contributed by atoms with Gasteiger partial charge >= 0.3 is 6.75 Å². The maximum absolute atomic E-state index is 10.6. The molecule has 0 radical (unpaired) electrons. The van der Waals surface area contributed by atoms with Gasteiger partial charge in [0, 0.05) is 0 Å². The monoisotopic (exact) mass is 262 g/mol. The summed E-state index contributed by atoms with van der Waals surface area (Å²) in [5, 5.41) is 28.9. The molecule has 0 unspecified atom stereocenters. The van der Waals surface area contributed by atoms with Gasteiger partial charge in [-0.25, -0.2) is 0 Å². The third-order valence-corrected chi connectivity index (χ3v) is 2.66. The number of benzene rings is 2. The lowest BCUT2D eigenvalue weighted by Crippen LogP contribution is -2.48. The molecule has 6 nitrogen and oxygen atoms in total. The zero-order valence-corrected chi connectivity index (χ0v) is 9.98. The highest BCUT2D eigenvalue weighted by atomic mass is 16.5. The Kier molecular flexibility index (Phi) is 3.43. The van der Waals surface area contributed by atoms with E-state index in [1.807, 2.05) is 0 Å². The number of hydrogen-bond donors (Lipinski definition) is 4. The van der Waals surface area contributed by atoms with Crippen molar-refractivity contribution in [3.63, 3.8) is 0 Å². The Morgan fingerprint density at radius 2 is 1.74 bits per heavy atom. The average molecular weight is 262 g/mol. The van der Waals surface area contributed by atoms with Gasteiger partial charge in [0.25, 0.3) is 5.91 Å². The standard InChI is InChI=1S/C12H13BNO5/c14-12(15)7-19-11-4-2-8-5-10(13(16,17)18)3-1-9(8)6-11/h1-6,16-18H,7H2,(H2,14,15)/q-1. The van der Waals surface area contributed by atoms with Gasteiger partial charge in [-0.05, 0) is 22.9 Å². The first-order valence-electron chi connectivity index (χ1n) is 5.63. The van der Waals surface area contributed by atoms with Gasteiger partial charge < -0.3 is 25.5 Å². The molecule has 0 spiro atoms. The minimum atomic E-state index is -3.51. The molecule has 0 atom stereocenters. The summed E-state index contributed by atoms with van der Waals surface area (Å²) in [6.07, 6.45) is 0. The molecule has 0 heterocycles. The lowest BCUT2D eigenvalue weighted by atomic mass is 9.70. The van der Waals surface area contributed by atoms with Crippen molar-refractivity contribution in [2.45, 2.75) is 0 Å². The molecule has 0 aliphatic heterocycles. The van der Waals surface area contributed by atoms with E-state index in [9.17, 15) is 4.79 Å². The number of primary amides is 1. The van der Waals surface area contributed by atoms with Gasteiger partial charge in [0.05, 0.1) is 0 Å². The van der Waals surface area contributed by atoms with Crippen molar-refractivity contribution >= 4 is 28.9 Å². The minimum Gasteiger partial charge on any atom is -0.556 e. The van der Waals surface area contributed by atoms with Crippen LogP contribution in [-0.4, -0.2) is 34.3 Å². The van der Waals surface area contributed by atoms with Crippen molar-refractivity contribution in [2.75, 3.05) is 6.61 Å². The van der Waals surface area contributed by atoms with Crippen LogP contribution in [0.25, 0.3) is 10.8 Å². The van der Waals surface area contributed by atoms with Gasteiger partial charge in [-0.3, -0.25) is 4.79 Å². The van der Waals surface area contributed by atoms with Crippen molar-refractivity contribution < 1.29 is 24.6 Å². The molecule has 1 amide bonds. The third kappa shape index (κ3) is 3.22. The SMILES string of the molecule is NC(=O)COc1ccc2cc([B-](O)(O)O)ccc2c1. The predicted molar refractivity (Wildman–Crippen MR) is 70.7 cm³/mol. The Labute approximate surface area is 109 Å². The van der Waals surface area contributed by atoms with Gasteiger partial charge in [-0.15, -0.1) is 5.46 Å². The van der Waals surface area contributed by atoms with Crippen LogP contribution in [0.1, 0.15) is 0 Å². The van der Waals surface area contributed by atoms with E-state index in [2.05, 4.69) is 0 Å². The van der Waals surface area contributed by atoms with Crippen molar-refractivity contribution in [1.29, 1.82) is 0 Å². The topological polar surface area (TPSA) is 113 Å². The highest BCUT2D eigenvalue weighted by Gasteiger charge is 2.18. The Bertz CT molecular complexity index is 623. The molecular weight excluding hydrogens is 249 g/mol.